The molecule has 0 spiro atoms. The summed E-state index contributed by atoms with van der Waals surface area (Å²) in [7, 11) is 1.99. The molecule has 1 aliphatic heterocycles. The minimum Gasteiger partial charge on any atom is -0.490 e. The van der Waals surface area contributed by atoms with Crippen molar-refractivity contribution in [3.8, 4) is 17.2 Å². The van der Waals surface area contributed by atoms with Crippen LogP contribution in [0.1, 0.15) is 11.4 Å². The van der Waals surface area contributed by atoms with Gasteiger partial charge >= 0.3 is 6.03 Å². The normalized spacial score (nSPS) is 12.9. The van der Waals surface area contributed by atoms with E-state index in [1.165, 1.54) is 0 Å². The standard InChI is InChI=1S/C20H21N5O3/c1-13-5-3-4-6-15(13)19-23-18(24-28-19)12-21-20(26)22-14-7-8-17-16(11-14)25(2)9-10-27-17/h3-8,11H,9-10,12H2,1-2H3,(H2,21,22,26). The molecule has 0 unspecified atom stereocenters. The molecule has 144 valence electrons. The van der Waals surface area contributed by atoms with E-state index in [1.807, 2.05) is 56.4 Å². The number of hydrogen-bond acceptors (Lipinski definition) is 6. The number of amides is 2. The van der Waals surface area contributed by atoms with Crippen molar-refractivity contribution in [3.05, 3.63) is 53.9 Å². The smallest absolute Gasteiger partial charge is 0.319 e. The molecule has 2 heterocycles. The lowest BCUT2D eigenvalue weighted by Gasteiger charge is -2.28. The Morgan fingerprint density at radius 1 is 1.25 bits per heavy atom. The van der Waals surface area contributed by atoms with Gasteiger partial charge in [-0.05, 0) is 36.8 Å². The van der Waals surface area contributed by atoms with E-state index in [1.54, 1.807) is 0 Å². The average molecular weight is 379 g/mol. The van der Waals surface area contributed by atoms with Crippen LogP contribution >= 0.6 is 0 Å². The molecule has 28 heavy (non-hydrogen) atoms. The largest absolute Gasteiger partial charge is 0.490 e. The Labute approximate surface area is 162 Å². The number of anilines is 2. The van der Waals surface area contributed by atoms with Crippen LogP contribution in [-0.4, -0.2) is 36.4 Å². The molecule has 0 saturated heterocycles. The second-order valence-corrected chi connectivity index (χ2v) is 6.59. The first-order valence-electron chi connectivity index (χ1n) is 9.01. The van der Waals surface area contributed by atoms with Gasteiger partial charge in [-0.3, -0.25) is 0 Å². The first-order chi connectivity index (χ1) is 13.6. The number of hydrogen-bond donors (Lipinski definition) is 2. The predicted octanol–water partition coefficient (Wildman–Crippen LogP) is 3.20. The third-order valence-electron chi connectivity index (χ3n) is 4.56. The van der Waals surface area contributed by atoms with Crippen molar-refractivity contribution in [2.45, 2.75) is 13.5 Å². The van der Waals surface area contributed by atoms with Gasteiger partial charge in [-0.2, -0.15) is 4.98 Å². The van der Waals surface area contributed by atoms with Crippen LogP contribution in [0, 0.1) is 6.92 Å². The van der Waals surface area contributed by atoms with Gasteiger partial charge in [0, 0.05) is 18.3 Å². The summed E-state index contributed by atoms with van der Waals surface area (Å²) in [6.07, 6.45) is 0. The van der Waals surface area contributed by atoms with Crippen molar-refractivity contribution in [1.29, 1.82) is 0 Å². The maximum absolute atomic E-state index is 12.2. The number of likely N-dealkylation sites (N-methyl/N-ethyl adjacent to an activating group) is 1. The maximum Gasteiger partial charge on any atom is 0.319 e. The molecular weight excluding hydrogens is 358 g/mol. The van der Waals surface area contributed by atoms with Crippen molar-refractivity contribution in [1.82, 2.24) is 15.5 Å². The molecule has 0 saturated carbocycles. The van der Waals surface area contributed by atoms with Crippen LogP contribution in [0.2, 0.25) is 0 Å². The molecule has 8 heteroatoms. The minimum absolute atomic E-state index is 0.162. The summed E-state index contributed by atoms with van der Waals surface area (Å²) in [5.74, 6) is 1.66. The van der Waals surface area contributed by atoms with E-state index in [0.717, 1.165) is 29.1 Å². The maximum atomic E-state index is 12.2. The lowest BCUT2D eigenvalue weighted by Crippen LogP contribution is -2.30. The summed E-state index contributed by atoms with van der Waals surface area (Å²) < 4.78 is 10.9. The van der Waals surface area contributed by atoms with Crippen LogP contribution in [-0.2, 0) is 6.54 Å². The van der Waals surface area contributed by atoms with Gasteiger partial charge in [-0.15, -0.1) is 0 Å². The number of nitrogens with one attached hydrogen (secondary N) is 2. The Kier molecular flexibility index (Phi) is 4.84. The Bertz CT molecular complexity index is 1000. The van der Waals surface area contributed by atoms with Crippen molar-refractivity contribution < 1.29 is 14.1 Å². The predicted molar refractivity (Wildman–Crippen MR) is 106 cm³/mol. The van der Waals surface area contributed by atoms with E-state index < -0.39 is 0 Å². The molecule has 2 aromatic carbocycles. The number of ether oxygens (including phenoxy) is 1. The number of urea groups is 1. The Hall–Kier alpha value is -3.55. The number of carbonyl (C=O) groups is 1. The molecule has 3 aromatic rings. The van der Waals surface area contributed by atoms with E-state index >= 15 is 0 Å². The second kappa shape index (κ2) is 7.59. The van der Waals surface area contributed by atoms with Gasteiger partial charge < -0.3 is 24.8 Å². The Morgan fingerprint density at radius 2 is 2.11 bits per heavy atom. The third kappa shape index (κ3) is 3.75. The topological polar surface area (TPSA) is 92.5 Å². The van der Waals surface area contributed by atoms with E-state index in [-0.39, 0.29) is 12.6 Å². The highest BCUT2D eigenvalue weighted by atomic mass is 16.5. The lowest BCUT2D eigenvalue weighted by atomic mass is 10.1. The zero-order valence-corrected chi connectivity index (χ0v) is 15.7. The van der Waals surface area contributed by atoms with Crippen molar-refractivity contribution >= 4 is 17.4 Å². The molecule has 4 rings (SSSR count). The Morgan fingerprint density at radius 3 is 2.96 bits per heavy atom. The van der Waals surface area contributed by atoms with Gasteiger partial charge in [0.1, 0.15) is 12.4 Å². The van der Waals surface area contributed by atoms with Gasteiger partial charge in [0.25, 0.3) is 5.89 Å². The third-order valence-corrected chi connectivity index (χ3v) is 4.56. The number of nitrogens with zero attached hydrogens (tertiary/aromatic N) is 3. The van der Waals surface area contributed by atoms with Gasteiger partial charge in [-0.25, -0.2) is 4.79 Å². The molecule has 2 N–H and O–H groups in total. The number of aromatic nitrogens is 2. The Balaban J connectivity index is 1.37. The fraction of sp³-hybridized carbons (Fsp3) is 0.250. The first kappa shape index (κ1) is 17.8. The van der Waals surface area contributed by atoms with Gasteiger partial charge in [-0.1, -0.05) is 23.4 Å². The summed E-state index contributed by atoms with van der Waals surface area (Å²) in [5, 5.41) is 9.48. The molecule has 0 aliphatic carbocycles. The van der Waals surface area contributed by atoms with Gasteiger partial charge in [0.15, 0.2) is 5.82 Å². The molecule has 0 atom stereocenters. The summed E-state index contributed by atoms with van der Waals surface area (Å²) in [6, 6.07) is 13.0. The lowest BCUT2D eigenvalue weighted by molar-refractivity contribution is 0.251. The quantitative estimate of drug-likeness (QED) is 0.723. The van der Waals surface area contributed by atoms with E-state index in [9.17, 15) is 4.79 Å². The number of fused-ring (bicyclic) bond motifs is 1. The van der Waals surface area contributed by atoms with Crippen LogP contribution in [0.25, 0.3) is 11.5 Å². The fourth-order valence-corrected chi connectivity index (χ4v) is 3.01. The van der Waals surface area contributed by atoms with E-state index in [0.29, 0.717) is 24.0 Å². The highest BCUT2D eigenvalue weighted by Crippen LogP contribution is 2.33. The van der Waals surface area contributed by atoms with Gasteiger partial charge in [0.05, 0.1) is 18.8 Å². The van der Waals surface area contributed by atoms with E-state index in [2.05, 4.69) is 25.7 Å². The molecule has 0 radical (unpaired) electrons. The van der Waals surface area contributed by atoms with Crippen LogP contribution in [0.4, 0.5) is 16.2 Å². The highest BCUT2D eigenvalue weighted by Gasteiger charge is 2.16. The molecule has 0 fully saturated rings. The SMILES string of the molecule is Cc1ccccc1-c1nc(CNC(=O)Nc2ccc3c(c2)N(C)CCO3)no1. The average Bonchev–Trinajstić information content (AvgIpc) is 3.16. The van der Waals surface area contributed by atoms with Crippen molar-refractivity contribution in [2.24, 2.45) is 0 Å². The van der Waals surface area contributed by atoms with Crippen LogP contribution in [0.5, 0.6) is 5.75 Å². The summed E-state index contributed by atoms with van der Waals surface area (Å²) >= 11 is 0. The summed E-state index contributed by atoms with van der Waals surface area (Å²) in [4.78, 5) is 18.6. The van der Waals surface area contributed by atoms with E-state index in [4.69, 9.17) is 9.26 Å². The number of aryl methyl sites for hydroxylation is 1. The number of rotatable bonds is 4. The zero-order chi connectivity index (χ0) is 19.5. The van der Waals surface area contributed by atoms with Crippen molar-refractivity contribution in [3.63, 3.8) is 0 Å². The zero-order valence-electron chi connectivity index (χ0n) is 15.7. The van der Waals surface area contributed by atoms with Crippen molar-refractivity contribution in [2.75, 3.05) is 30.4 Å². The minimum atomic E-state index is -0.346. The fourth-order valence-electron chi connectivity index (χ4n) is 3.01. The second-order valence-electron chi connectivity index (χ2n) is 6.59. The number of benzene rings is 2. The first-order valence-corrected chi connectivity index (χ1v) is 9.01. The molecular formula is C20H21N5O3. The molecule has 8 nitrogen and oxygen atoms in total. The van der Waals surface area contributed by atoms with Crippen LogP contribution < -0.4 is 20.3 Å². The molecule has 1 aliphatic rings. The van der Waals surface area contributed by atoms with Crippen LogP contribution in [0.15, 0.2) is 47.0 Å². The van der Waals surface area contributed by atoms with Crippen LogP contribution in [0.3, 0.4) is 0 Å². The number of carbonyl (C=O) groups excluding carboxylic acids is 1. The van der Waals surface area contributed by atoms with Gasteiger partial charge in [0.2, 0.25) is 0 Å². The summed E-state index contributed by atoms with van der Waals surface area (Å²) in [6.45, 7) is 3.61. The molecule has 1 aromatic heterocycles. The monoisotopic (exact) mass is 379 g/mol. The highest BCUT2D eigenvalue weighted by molar-refractivity contribution is 5.90. The molecule has 0 bridgehead atoms. The summed E-state index contributed by atoms with van der Waals surface area (Å²) in [5.41, 5.74) is 3.56. The molecule has 2 amide bonds.